The number of aryl methyl sites for hydroxylation is 1. The number of carboxylic acids is 1. The van der Waals surface area contributed by atoms with Crippen LogP contribution in [0.4, 0.5) is 0 Å². The Kier molecular flexibility index (Phi) is 4.22. The van der Waals surface area contributed by atoms with Crippen molar-refractivity contribution in [3.8, 4) is 11.3 Å². The molecule has 0 saturated carbocycles. The van der Waals surface area contributed by atoms with E-state index < -0.39 is 5.97 Å². The summed E-state index contributed by atoms with van der Waals surface area (Å²) < 4.78 is 1.65. The summed E-state index contributed by atoms with van der Waals surface area (Å²) in [7, 11) is 1.80. The van der Waals surface area contributed by atoms with Gasteiger partial charge in [-0.1, -0.05) is 6.07 Å². The lowest BCUT2D eigenvalue weighted by molar-refractivity contribution is 0.0695. The Balaban J connectivity index is 1.66. The summed E-state index contributed by atoms with van der Waals surface area (Å²) in [5.74, 6) is -0.939. The van der Waals surface area contributed by atoms with Crippen LogP contribution in [-0.2, 0) is 26.6 Å². The molecule has 1 N–H and O–H groups in total. The lowest BCUT2D eigenvalue weighted by Gasteiger charge is -2.29. The summed E-state index contributed by atoms with van der Waals surface area (Å²) in [5, 5.41) is 13.9. The topological polar surface area (TPSA) is 84.1 Å². The number of hydrogen-bond donors (Lipinski definition) is 1. The number of hydrogen-bond acceptors (Lipinski definition) is 5. The predicted octanol–water partition coefficient (Wildman–Crippen LogP) is 2.13. The summed E-state index contributed by atoms with van der Waals surface area (Å²) in [4.78, 5) is 23.1. The highest BCUT2D eigenvalue weighted by atomic mass is 16.4. The SMILES string of the molecule is Cn1cc(-c2ncc3c(c2C(=O)O)CCN(Cc2ccccn2)C3)cn1. The Hall–Kier alpha value is -3.06. The van der Waals surface area contributed by atoms with E-state index in [-0.39, 0.29) is 0 Å². The molecule has 0 atom stereocenters. The van der Waals surface area contributed by atoms with E-state index in [1.54, 1.807) is 36.5 Å². The minimum Gasteiger partial charge on any atom is -0.478 e. The fraction of sp³-hybridized carbons (Fsp3) is 0.263. The zero-order valence-corrected chi connectivity index (χ0v) is 14.5. The zero-order chi connectivity index (χ0) is 18.1. The van der Waals surface area contributed by atoms with Crippen LogP contribution in [-0.4, -0.2) is 42.3 Å². The maximum absolute atomic E-state index is 12.0. The number of nitrogens with zero attached hydrogens (tertiary/aromatic N) is 5. The van der Waals surface area contributed by atoms with E-state index in [9.17, 15) is 9.90 Å². The molecule has 0 fully saturated rings. The zero-order valence-electron chi connectivity index (χ0n) is 14.5. The second kappa shape index (κ2) is 6.68. The third kappa shape index (κ3) is 3.09. The normalized spacial score (nSPS) is 14.2. The van der Waals surface area contributed by atoms with Crippen LogP contribution in [0.25, 0.3) is 11.3 Å². The maximum Gasteiger partial charge on any atom is 0.338 e. The van der Waals surface area contributed by atoms with Crippen molar-refractivity contribution in [2.24, 2.45) is 7.05 Å². The number of aromatic carboxylic acids is 1. The standard InChI is InChI=1S/C19H19N5O2/c1-23-10-14(9-22-23)18-17(19(25)26)16-5-7-24(11-13(16)8-21-18)12-15-4-2-3-6-20-15/h2-4,6,8-10H,5,7,11-12H2,1H3,(H,25,26). The van der Waals surface area contributed by atoms with E-state index in [1.807, 2.05) is 18.2 Å². The van der Waals surface area contributed by atoms with Gasteiger partial charge in [-0.05, 0) is 29.7 Å². The number of aromatic nitrogens is 4. The Labute approximate surface area is 150 Å². The average Bonchev–Trinajstić information content (AvgIpc) is 3.07. The predicted molar refractivity (Wildman–Crippen MR) is 95.5 cm³/mol. The van der Waals surface area contributed by atoms with E-state index in [4.69, 9.17) is 0 Å². The van der Waals surface area contributed by atoms with Crippen molar-refractivity contribution in [3.63, 3.8) is 0 Å². The Bertz CT molecular complexity index is 952. The molecule has 132 valence electrons. The van der Waals surface area contributed by atoms with E-state index in [1.165, 1.54) is 0 Å². The van der Waals surface area contributed by atoms with Crippen LogP contribution in [0.5, 0.6) is 0 Å². The molecule has 0 aromatic carbocycles. The molecule has 0 radical (unpaired) electrons. The first kappa shape index (κ1) is 16.4. The smallest absolute Gasteiger partial charge is 0.338 e. The van der Waals surface area contributed by atoms with Crippen molar-refractivity contribution < 1.29 is 9.90 Å². The molecule has 0 unspecified atom stereocenters. The van der Waals surface area contributed by atoms with Gasteiger partial charge in [-0.3, -0.25) is 19.5 Å². The quantitative estimate of drug-likeness (QED) is 0.777. The van der Waals surface area contributed by atoms with Gasteiger partial charge >= 0.3 is 5.97 Å². The van der Waals surface area contributed by atoms with Crippen molar-refractivity contribution in [2.75, 3.05) is 6.54 Å². The highest BCUT2D eigenvalue weighted by molar-refractivity contribution is 5.96. The molecule has 0 amide bonds. The van der Waals surface area contributed by atoms with Gasteiger partial charge in [-0.15, -0.1) is 0 Å². The maximum atomic E-state index is 12.0. The van der Waals surface area contributed by atoms with Crippen LogP contribution >= 0.6 is 0 Å². The van der Waals surface area contributed by atoms with Crippen LogP contribution in [0.3, 0.4) is 0 Å². The first-order chi connectivity index (χ1) is 12.6. The molecule has 7 heteroatoms. The highest BCUT2D eigenvalue weighted by Gasteiger charge is 2.26. The molecule has 3 aromatic rings. The van der Waals surface area contributed by atoms with E-state index in [2.05, 4.69) is 20.0 Å². The Morgan fingerprint density at radius 2 is 2.15 bits per heavy atom. The largest absolute Gasteiger partial charge is 0.478 e. The van der Waals surface area contributed by atoms with Gasteiger partial charge in [0.05, 0.1) is 23.1 Å². The van der Waals surface area contributed by atoms with Crippen molar-refractivity contribution in [2.45, 2.75) is 19.5 Å². The van der Waals surface area contributed by atoms with Crippen molar-refractivity contribution >= 4 is 5.97 Å². The third-order valence-electron chi connectivity index (χ3n) is 4.65. The first-order valence-electron chi connectivity index (χ1n) is 8.47. The van der Waals surface area contributed by atoms with E-state index in [0.29, 0.717) is 24.2 Å². The Morgan fingerprint density at radius 3 is 2.85 bits per heavy atom. The number of pyridine rings is 2. The second-order valence-corrected chi connectivity index (χ2v) is 6.48. The lowest BCUT2D eigenvalue weighted by Crippen LogP contribution is -2.32. The van der Waals surface area contributed by atoms with Gasteiger partial charge < -0.3 is 5.11 Å². The molecule has 0 spiro atoms. The monoisotopic (exact) mass is 349 g/mol. The molecular formula is C19H19N5O2. The number of carboxylic acid groups (broad SMARTS) is 1. The average molecular weight is 349 g/mol. The van der Waals surface area contributed by atoms with Crippen LogP contribution in [0.2, 0.25) is 0 Å². The van der Waals surface area contributed by atoms with Crippen molar-refractivity contribution in [3.05, 3.63) is 65.4 Å². The van der Waals surface area contributed by atoms with Gasteiger partial charge in [0.15, 0.2) is 0 Å². The molecule has 0 bridgehead atoms. The van der Waals surface area contributed by atoms with Crippen molar-refractivity contribution in [1.82, 2.24) is 24.6 Å². The number of fused-ring (bicyclic) bond motifs is 1. The Morgan fingerprint density at radius 1 is 1.27 bits per heavy atom. The highest BCUT2D eigenvalue weighted by Crippen LogP contribution is 2.30. The molecule has 4 rings (SSSR count). The van der Waals surface area contributed by atoms with E-state index >= 15 is 0 Å². The van der Waals surface area contributed by atoms with Gasteiger partial charge in [-0.25, -0.2) is 4.79 Å². The van der Waals surface area contributed by atoms with Crippen LogP contribution < -0.4 is 0 Å². The minimum atomic E-state index is -0.939. The molecule has 7 nitrogen and oxygen atoms in total. The summed E-state index contributed by atoms with van der Waals surface area (Å²) in [6, 6.07) is 5.88. The van der Waals surface area contributed by atoms with Gasteiger partial charge in [0.25, 0.3) is 0 Å². The van der Waals surface area contributed by atoms with Crippen LogP contribution in [0, 0.1) is 0 Å². The molecule has 0 aliphatic carbocycles. The van der Waals surface area contributed by atoms with Gasteiger partial charge in [-0.2, -0.15) is 5.10 Å². The molecule has 0 saturated heterocycles. The fourth-order valence-electron chi connectivity index (χ4n) is 3.45. The van der Waals surface area contributed by atoms with Gasteiger partial charge in [0, 0.05) is 50.8 Å². The summed E-state index contributed by atoms with van der Waals surface area (Å²) in [6.45, 7) is 2.21. The van der Waals surface area contributed by atoms with Crippen molar-refractivity contribution in [1.29, 1.82) is 0 Å². The van der Waals surface area contributed by atoms with Crippen LogP contribution in [0.15, 0.2) is 43.0 Å². The molecule has 4 heterocycles. The number of carbonyl (C=O) groups is 1. The lowest BCUT2D eigenvalue weighted by atomic mass is 9.93. The third-order valence-corrected chi connectivity index (χ3v) is 4.65. The van der Waals surface area contributed by atoms with E-state index in [0.717, 1.165) is 35.5 Å². The second-order valence-electron chi connectivity index (χ2n) is 6.48. The molecule has 1 aliphatic heterocycles. The molecule has 3 aromatic heterocycles. The van der Waals surface area contributed by atoms with Crippen LogP contribution in [0.1, 0.15) is 27.2 Å². The molecule has 26 heavy (non-hydrogen) atoms. The summed E-state index contributed by atoms with van der Waals surface area (Å²) in [6.07, 6.45) is 7.71. The van der Waals surface area contributed by atoms with Gasteiger partial charge in [0.2, 0.25) is 0 Å². The minimum absolute atomic E-state index is 0.299. The molecule has 1 aliphatic rings. The summed E-state index contributed by atoms with van der Waals surface area (Å²) in [5.41, 5.74) is 4.37. The first-order valence-corrected chi connectivity index (χ1v) is 8.47. The fourth-order valence-corrected chi connectivity index (χ4v) is 3.45. The number of rotatable bonds is 4. The molecular weight excluding hydrogens is 330 g/mol. The summed E-state index contributed by atoms with van der Waals surface area (Å²) >= 11 is 0. The van der Waals surface area contributed by atoms with Gasteiger partial charge in [0.1, 0.15) is 0 Å².